The highest BCUT2D eigenvalue weighted by Gasteiger charge is 2.34. The van der Waals surface area contributed by atoms with E-state index in [2.05, 4.69) is 9.27 Å². The van der Waals surface area contributed by atoms with Crippen LogP contribution in [0.4, 0.5) is 4.39 Å². The fourth-order valence-corrected chi connectivity index (χ4v) is 4.36. The number of carbonyl (C=O) groups is 1. The van der Waals surface area contributed by atoms with Crippen LogP contribution in [-0.2, 0) is 0 Å². The van der Waals surface area contributed by atoms with E-state index in [1.807, 2.05) is 4.90 Å². The number of benzene rings is 1. The maximum Gasteiger partial charge on any atom is 0.274 e. The number of rotatable bonds is 2. The molecule has 5 nitrogen and oxygen atoms in total. The molecule has 3 saturated heterocycles. The molecule has 1 amide bonds. The third-order valence-electron chi connectivity index (χ3n) is 4.88. The summed E-state index contributed by atoms with van der Waals surface area (Å²) in [7, 11) is 1.43. The monoisotopic (exact) mass is 335 g/mol. The van der Waals surface area contributed by atoms with Crippen LogP contribution in [0.25, 0.3) is 10.1 Å². The number of amides is 1. The molecule has 0 spiro atoms. The maximum atomic E-state index is 14.3. The second kappa shape index (κ2) is 5.72. The van der Waals surface area contributed by atoms with Gasteiger partial charge in [-0.2, -0.15) is 4.37 Å². The van der Waals surface area contributed by atoms with Crippen LogP contribution in [0.2, 0.25) is 0 Å². The van der Waals surface area contributed by atoms with E-state index in [4.69, 9.17) is 4.74 Å². The normalized spacial score (nSPS) is 24.0. The molecule has 0 saturated carbocycles. The number of nitrogens with zero attached hydrogens (tertiary/aromatic N) is 3. The highest BCUT2D eigenvalue weighted by Crippen LogP contribution is 2.33. The van der Waals surface area contributed by atoms with Crippen molar-refractivity contribution in [2.24, 2.45) is 0 Å². The molecule has 0 unspecified atom stereocenters. The van der Waals surface area contributed by atoms with Crippen molar-refractivity contribution in [3.63, 3.8) is 0 Å². The molecule has 3 fully saturated rings. The molecule has 122 valence electrons. The molecule has 2 bridgehead atoms. The van der Waals surface area contributed by atoms with Gasteiger partial charge in [-0.3, -0.25) is 4.79 Å². The second-order valence-electron chi connectivity index (χ2n) is 6.06. The lowest BCUT2D eigenvalue weighted by atomic mass is 10.0. The molecule has 2 aromatic rings. The van der Waals surface area contributed by atoms with Gasteiger partial charge in [0.25, 0.3) is 5.91 Å². The van der Waals surface area contributed by atoms with Gasteiger partial charge in [-0.05, 0) is 36.5 Å². The topological polar surface area (TPSA) is 45.7 Å². The van der Waals surface area contributed by atoms with E-state index in [1.54, 1.807) is 12.1 Å². The minimum Gasteiger partial charge on any atom is -0.494 e. The molecule has 23 heavy (non-hydrogen) atoms. The lowest BCUT2D eigenvalue weighted by Crippen LogP contribution is -2.41. The minimum atomic E-state index is -0.440. The molecule has 0 N–H and O–H groups in total. The summed E-state index contributed by atoms with van der Waals surface area (Å²) >= 11 is 1.02. The van der Waals surface area contributed by atoms with Crippen LogP contribution in [0.1, 0.15) is 23.3 Å². The van der Waals surface area contributed by atoms with Crippen LogP contribution >= 0.6 is 11.5 Å². The van der Waals surface area contributed by atoms with Gasteiger partial charge in [-0.25, -0.2) is 4.39 Å². The SMILES string of the molecule is COc1ccc2c(C(=O)N3CCN4CCC3CC4)nsc2c1F. The van der Waals surface area contributed by atoms with Crippen molar-refractivity contribution < 1.29 is 13.9 Å². The van der Waals surface area contributed by atoms with E-state index in [0.717, 1.165) is 50.6 Å². The zero-order chi connectivity index (χ0) is 16.0. The molecule has 0 radical (unpaired) electrons. The lowest BCUT2D eigenvalue weighted by Gasteiger charge is -2.31. The Morgan fingerprint density at radius 3 is 2.83 bits per heavy atom. The number of hydrogen-bond donors (Lipinski definition) is 0. The highest BCUT2D eigenvalue weighted by atomic mass is 32.1. The highest BCUT2D eigenvalue weighted by molar-refractivity contribution is 7.13. The van der Waals surface area contributed by atoms with E-state index in [9.17, 15) is 9.18 Å². The quantitative estimate of drug-likeness (QED) is 0.845. The fourth-order valence-electron chi connectivity index (χ4n) is 3.56. The first kappa shape index (κ1) is 14.8. The Labute approximate surface area is 137 Å². The average Bonchev–Trinajstić information content (AvgIpc) is 2.78. The van der Waals surface area contributed by atoms with Crippen molar-refractivity contribution in [1.82, 2.24) is 14.2 Å². The Balaban J connectivity index is 1.71. The molecule has 4 heterocycles. The largest absolute Gasteiger partial charge is 0.494 e. The van der Waals surface area contributed by atoms with Crippen molar-refractivity contribution in [1.29, 1.82) is 0 Å². The van der Waals surface area contributed by atoms with Crippen LogP contribution in [0.5, 0.6) is 5.75 Å². The summed E-state index contributed by atoms with van der Waals surface area (Å²) in [4.78, 5) is 17.3. The Morgan fingerprint density at radius 2 is 2.09 bits per heavy atom. The number of hydrogen-bond acceptors (Lipinski definition) is 5. The van der Waals surface area contributed by atoms with E-state index < -0.39 is 5.82 Å². The van der Waals surface area contributed by atoms with E-state index in [0.29, 0.717) is 15.8 Å². The standard InChI is InChI=1S/C16H18FN3O2S/c1-22-12-3-2-11-14(18-23-15(11)13(12)17)16(21)20-9-8-19-6-4-10(20)5-7-19/h2-3,10H,4-9H2,1H3. The average molecular weight is 335 g/mol. The van der Waals surface area contributed by atoms with Gasteiger partial charge in [0.2, 0.25) is 0 Å². The second-order valence-corrected chi connectivity index (χ2v) is 6.83. The fraction of sp³-hybridized carbons (Fsp3) is 0.500. The molecular weight excluding hydrogens is 317 g/mol. The van der Waals surface area contributed by atoms with Crippen LogP contribution in [0.15, 0.2) is 12.1 Å². The van der Waals surface area contributed by atoms with E-state index in [1.165, 1.54) is 7.11 Å². The summed E-state index contributed by atoms with van der Waals surface area (Å²) in [5, 5.41) is 0.581. The van der Waals surface area contributed by atoms with Gasteiger partial charge in [0, 0.05) is 37.6 Å². The molecule has 1 aromatic heterocycles. The van der Waals surface area contributed by atoms with Crippen molar-refractivity contribution in [3.8, 4) is 5.75 Å². The number of piperidine rings is 1. The third kappa shape index (κ3) is 2.38. The lowest BCUT2D eigenvalue weighted by molar-refractivity contribution is 0.0682. The van der Waals surface area contributed by atoms with Gasteiger partial charge in [-0.1, -0.05) is 0 Å². The third-order valence-corrected chi connectivity index (χ3v) is 5.74. The minimum absolute atomic E-state index is 0.0745. The van der Waals surface area contributed by atoms with Gasteiger partial charge in [0.15, 0.2) is 11.6 Å². The molecule has 3 aliphatic rings. The number of fused-ring (bicyclic) bond motifs is 5. The molecule has 5 rings (SSSR count). The Morgan fingerprint density at radius 1 is 1.30 bits per heavy atom. The van der Waals surface area contributed by atoms with E-state index in [-0.39, 0.29) is 17.7 Å². The molecule has 0 aliphatic carbocycles. The van der Waals surface area contributed by atoms with Crippen LogP contribution in [0, 0.1) is 5.82 Å². The first-order chi connectivity index (χ1) is 11.2. The first-order valence-electron chi connectivity index (χ1n) is 7.84. The van der Waals surface area contributed by atoms with Gasteiger partial charge in [0.05, 0.1) is 11.8 Å². The number of aromatic nitrogens is 1. The summed E-state index contributed by atoms with van der Waals surface area (Å²) < 4.78 is 24.0. The van der Waals surface area contributed by atoms with Crippen molar-refractivity contribution in [3.05, 3.63) is 23.6 Å². The maximum absolute atomic E-state index is 14.3. The summed E-state index contributed by atoms with van der Waals surface area (Å²) in [5.41, 5.74) is 0.368. The zero-order valence-corrected chi connectivity index (χ0v) is 13.7. The van der Waals surface area contributed by atoms with Gasteiger partial charge in [-0.15, -0.1) is 0 Å². The molecule has 0 atom stereocenters. The number of methoxy groups -OCH3 is 1. The molecule has 3 aliphatic heterocycles. The number of halogens is 1. The van der Waals surface area contributed by atoms with Gasteiger partial charge >= 0.3 is 0 Å². The van der Waals surface area contributed by atoms with Crippen molar-refractivity contribution in [2.45, 2.75) is 18.9 Å². The van der Waals surface area contributed by atoms with Crippen LogP contribution < -0.4 is 4.74 Å². The Hall–Kier alpha value is -1.73. The van der Waals surface area contributed by atoms with Crippen LogP contribution in [0.3, 0.4) is 0 Å². The first-order valence-corrected chi connectivity index (χ1v) is 8.61. The van der Waals surface area contributed by atoms with Gasteiger partial charge in [0.1, 0.15) is 5.69 Å². The summed E-state index contributed by atoms with van der Waals surface area (Å²) in [6.07, 6.45) is 2.02. The zero-order valence-electron chi connectivity index (χ0n) is 12.9. The Kier molecular flexibility index (Phi) is 3.69. The van der Waals surface area contributed by atoms with Gasteiger partial charge < -0.3 is 14.5 Å². The predicted octanol–water partition coefficient (Wildman–Crippen LogP) is 2.36. The molecular formula is C16H18FN3O2S. The number of carbonyl (C=O) groups excluding carboxylic acids is 1. The van der Waals surface area contributed by atoms with Crippen molar-refractivity contribution in [2.75, 3.05) is 33.3 Å². The van der Waals surface area contributed by atoms with Crippen molar-refractivity contribution >= 4 is 27.5 Å². The Bertz CT molecular complexity index is 755. The molecule has 1 aromatic carbocycles. The van der Waals surface area contributed by atoms with Crippen LogP contribution in [-0.4, -0.2) is 59.4 Å². The summed E-state index contributed by atoms with van der Waals surface area (Å²) in [6.45, 7) is 3.74. The molecule has 7 heteroatoms. The number of ether oxygens (including phenoxy) is 1. The van der Waals surface area contributed by atoms with E-state index >= 15 is 0 Å². The summed E-state index contributed by atoms with van der Waals surface area (Å²) in [6, 6.07) is 3.57. The summed E-state index contributed by atoms with van der Waals surface area (Å²) in [5.74, 6) is -0.333. The predicted molar refractivity (Wildman–Crippen MR) is 86.6 cm³/mol. The smallest absolute Gasteiger partial charge is 0.274 e.